The Morgan fingerprint density at radius 3 is 2.77 bits per heavy atom. The maximum atomic E-state index is 13.7. The first kappa shape index (κ1) is 18.4. The van der Waals surface area contributed by atoms with Crippen LogP contribution < -0.4 is 11.1 Å². The molecule has 1 heterocycles. The molecule has 0 unspecified atom stereocenters. The van der Waals surface area contributed by atoms with Crippen LogP contribution in [0, 0.1) is 5.82 Å². The number of primary amides is 1. The lowest BCUT2D eigenvalue weighted by molar-refractivity contribution is -0.118. The van der Waals surface area contributed by atoms with Crippen LogP contribution >= 0.6 is 11.8 Å². The zero-order valence-electron chi connectivity index (χ0n) is 14.3. The molecule has 1 atom stereocenters. The largest absolute Gasteiger partial charge is 0.370 e. The average molecular weight is 377 g/mol. The summed E-state index contributed by atoms with van der Waals surface area (Å²) in [7, 11) is 0. The van der Waals surface area contributed by atoms with Crippen molar-refractivity contribution >= 4 is 29.3 Å². The number of nitrogens with two attached hydrogens (primary N) is 1. The summed E-state index contributed by atoms with van der Waals surface area (Å²) >= 11 is 1.27. The third-order valence-corrected chi connectivity index (χ3v) is 5.08. The van der Waals surface area contributed by atoms with Gasteiger partial charge >= 0.3 is 0 Å². The fourth-order valence-electron chi connectivity index (χ4n) is 2.50. The molecule has 0 saturated heterocycles. The first-order chi connectivity index (χ1) is 12.5. The predicted octanol–water partition coefficient (Wildman–Crippen LogP) is 2.29. The lowest BCUT2D eigenvalue weighted by atomic mass is 10.3. The van der Waals surface area contributed by atoms with Gasteiger partial charge in [0.1, 0.15) is 11.6 Å². The van der Waals surface area contributed by atoms with Gasteiger partial charge < -0.3 is 15.6 Å². The van der Waals surface area contributed by atoms with E-state index in [-0.39, 0.29) is 23.9 Å². The van der Waals surface area contributed by atoms with E-state index < -0.39 is 11.1 Å². The van der Waals surface area contributed by atoms with Crippen molar-refractivity contribution in [3.05, 3.63) is 35.9 Å². The van der Waals surface area contributed by atoms with Crippen molar-refractivity contribution in [3.63, 3.8) is 0 Å². The molecular weight excluding hydrogens is 357 g/mol. The number of amides is 2. The summed E-state index contributed by atoms with van der Waals surface area (Å²) in [6.07, 6.45) is 2.67. The molecule has 1 saturated carbocycles. The smallest absolute Gasteiger partial charge is 0.237 e. The van der Waals surface area contributed by atoms with Crippen molar-refractivity contribution in [2.24, 2.45) is 5.73 Å². The molecule has 3 N–H and O–H groups in total. The van der Waals surface area contributed by atoms with E-state index in [2.05, 4.69) is 15.5 Å². The number of nitrogens with one attached hydrogen (secondary N) is 1. The normalized spacial score (nSPS) is 14.8. The monoisotopic (exact) mass is 377 g/mol. The van der Waals surface area contributed by atoms with Gasteiger partial charge in [-0.15, -0.1) is 10.2 Å². The molecule has 9 heteroatoms. The number of aromatic nitrogens is 3. The quantitative estimate of drug-likeness (QED) is 0.687. The molecule has 0 spiro atoms. The third kappa shape index (κ3) is 4.40. The Labute approximate surface area is 154 Å². The van der Waals surface area contributed by atoms with Crippen LogP contribution in [-0.2, 0) is 16.0 Å². The van der Waals surface area contributed by atoms with Crippen molar-refractivity contribution in [2.75, 3.05) is 5.32 Å². The highest BCUT2D eigenvalue weighted by Crippen LogP contribution is 2.39. The van der Waals surface area contributed by atoms with E-state index in [1.807, 2.05) is 4.57 Å². The van der Waals surface area contributed by atoms with Gasteiger partial charge in [-0.3, -0.25) is 9.59 Å². The van der Waals surface area contributed by atoms with E-state index in [4.69, 9.17) is 5.73 Å². The maximum absolute atomic E-state index is 13.7. The summed E-state index contributed by atoms with van der Waals surface area (Å²) in [5.74, 6) is -0.477. The first-order valence-corrected chi connectivity index (χ1v) is 9.27. The van der Waals surface area contributed by atoms with Crippen LogP contribution in [0.4, 0.5) is 10.1 Å². The second kappa shape index (κ2) is 7.86. The van der Waals surface area contributed by atoms with Gasteiger partial charge in [-0.05, 0) is 31.9 Å². The van der Waals surface area contributed by atoms with Gasteiger partial charge in [-0.1, -0.05) is 23.9 Å². The Morgan fingerprint density at radius 1 is 1.38 bits per heavy atom. The molecule has 1 aromatic heterocycles. The van der Waals surface area contributed by atoms with Crippen molar-refractivity contribution in [1.82, 2.24) is 14.8 Å². The van der Waals surface area contributed by atoms with E-state index in [1.54, 1.807) is 19.1 Å². The van der Waals surface area contributed by atoms with Crippen molar-refractivity contribution in [3.8, 4) is 0 Å². The molecule has 1 fully saturated rings. The standard InChI is InChI=1S/C17H20FN5O2S/c1-10(16(25)20-13-5-3-2-4-12(13)18)26-17-22-21-15(9-8-14(19)24)23(17)11-6-7-11/h2-5,10-11H,6-9H2,1H3,(H2,19,24)(H,20,25)/t10-/m1/s1. The van der Waals surface area contributed by atoms with Crippen LogP contribution in [0.15, 0.2) is 29.4 Å². The first-order valence-electron chi connectivity index (χ1n) is 8.40. The molecule has 1 aliphatic carbocycles. The molecule has 0 radical (unpaired) electrons. The third-order valence-electron chi connectivity index (χ3n) is 4.03. The number of carbonyl (C=O) groups excluding carboxylic acids is 2. The molecule has 3 rings (SSSR count). The van der Waals surface area contributed by atoms with Crippen LogP contribution in [0.5, 0.6) is 0 Å². The van der Waals surface area contributed by atoms with Crippen LogP contribution in [0.1, 0.15) is 38.1 Å². The summed E-state index contributed by atoms with van der Waals surface area (Å²) in [6, 6.07) is 6.33. The van der Waals surface area contributed by atoms with Gasteiger partial charge in [0.2, 0.25) is 11.8 Å². The van der Waals surface area contributed by atoms with Gasteiger partial charge in [-0.2, -0.15) is 0 Å². The van der Waals surface area contributed by atoms with Crippen molar-refractivity contribution < 1.29 is 14.0 Å². The molecule has 7 nitrogen and oxygen atoms in total. The van der Waals surface area contributed by atoms with Gasteiger partial charge in [0.05, 0.1) is 10.9 Å². The van der Waals surface area contributed by atoms with Crippen molar-refractivity contribution in [1.29, 1.82) is 0 Å². The molecular formula is C17H20FN5O2S. The summed E-state index contributed by atoms with van der Waals surface area (Å²) in [4.78, 5) is 23.4. The number of halogens is 1. The topological polar surface area (TPSA) is 103 Å². The van der Waals surface area contributed by atoms with Crippen LogP contribution in [0.3, 0.4) is 0 Å². The number of thioether (sulfide) groups is 1. The van der Waals surface area contributed by atoms with Crippen LogP contribution in [0.25, 0.3) is 0 Å². The SMILES string of the molecule is C[C@@H](Sc1nnc(CCC(N)=O)n1C1CC1)C(=O)Nc1ccccc1F. The van der Waals surface area contributed by atoms with Gasteiger partial charge in [0, 0.05) is 18.9 Å². The number of carbonyl (C=O) groups is 2. The van der Waals surface area contributed by atoms with Crippen molar-refractivity contribution in [2.45, 2.75) is 49.1 Å². The molecule has 0 bridgehead atoms. The lowest BCUT2D eigenvalue weighted by Crippen LogP contribution is -2.23. The van der Waals surface area contributed by atoms with Gasteiger partial charge in [-0.25, -0.2) is 4.39 Å². The summed E-state index contributed by atoms with van der Waals surface area (Å²) in [6.45, 7) is 1.73. The minimum atomic E-state index is -0.486. The minimum Gasteiger partial charge on any atom is -0.370 e. The summed E-state index contributed by atoms with van der Waals surface area (Å²) in [5, 5.41) is 11.1. The molecule has 138 valence electrons. The Balaban J connectivity index is 1.68. The number of aryl methyl sites for hydroxylation is 1. The Morgan fingerprint density at radius 2 is 2.12 bits per heavy atom. The molecule has 0 aliphatic heterocycles. The number of rotatable bonds is 8. The van der Waals surface area contributed by atoms with Gasteiger partial charge in [0.15, 0.2) is 5.16 Å². The highest BCUT2D eigenvalue weighted by molar-refractivity contribution is 8.00. The lowest BCUT2D eigenvalue weighted by Gasteiger charge is -2.13. The van der Waals surface area contributed by atoms with E-state index in [0.717, 1.165) is 12.8 Å². The Bertz CT molecular complexity index is 821. The molecule has 1 aliphatic rings. The Hall–Kier alpha value is -2.42. The van der Waals surface area contributed by atoms with Crippen LogP contribution in [-0.4, -0.2) is 31.8 Å². The van der Waals surface area contributed by atoms with E-state index in [1.165, 1.54) is 23.9 Å². The number of nitrogens with zero attached hydrogens (tertiary/aromatic N) is 3. The molecule has 26 heavy (non-hydrogen) atoms. The second-order valence-electron chi connectivity index (χ2n) is 6.20. The number of hydrogen-bond donors (Lipinski definition) is 2. The molecule has 2 amide bonds. The average Bonchev–Trinajstić information content (AvgIpc) is 3.36. The zero-order valence-corrected chi connectivity index (χ0v) is 15.1. The zero-order chi connectivity index (χ0) is 18.7. The van der Waals surface area contributed by atoms with E-state index >= 15 is 0 Å². The van der Waals surface area contributed by atoms with Gasteiger partial charge in [0.25, 0.3) is 0 Å². The maximum Gasteiger partial charge on any atom is 0.237 e. The number of hydrogen-bond acceptors (Lipinski definition) is 5. The highest BCUT2D eigenvalue weighted by Gasteiger charge is 2.31. The Kier molecular flexibility index (Phi) is 5.55. The minimum absolute atomic E-state index is 0.149. The summed E-state index contributed by atoms with van der Waals surface area (Å²) in [5.41, 5.74) is 5.36. The number of benzene rings is 1. The number of anilines is 1. The van der Waals surface area contributed by atoms with E-state index in [9.17, 15) is 14.0 Å². The fourth-order valence-corrected chi connectivity index (χ4v) is 3.44. The second-order valence-corrected chi connectivity index (χ2v) is 7.50. The van der Waals surface area contributed by atoms with E-state index in [0.29, 0.717) is 23.4 Å². The predicted molar refractivity (Wildman–Crippen MR) is 96.2 cm³/mol. The van der Waals surface area contributed by atoms with Crippen LogP contribution in [0.2, 0.25) is 0 Å². The highest BCUT2D eigenvalue weighted by atomic mass is 32.2. The summed E-state index contributed by atoms with van der Waals surface area (Å²) < 4.78 is 15.7. The molecule has 1 aromatic carbocycles. The fraction of sp³-hybridized carbons (Fsp3) is 0.412. The number of para-hydroxylation sites is 1. The molecule has 2 aromatic rings.